The number of hydrogen-bond donors (Lipinski definition) is 1. The van der Waals surface area contributed by atoms with E-state index in [9.17, 15) is 18.0 Å². The molecule has 0 aliphatic carbocycles. The van der Waals surface area contributed by atoms with Gasteiger partial charge in [0.25, 0.3) is 0 Å². The molecule has 1 heterocycles. The zero-order valence-electron chi connectivity index (χ0n) is 26.8. The molecule has 0 atom stereocenters. The minimum absolute atomic E-state index is 0.0220. The van der Waals surface area contributed by atoms with E-state index in [1.807, 2.05) is 30.0 Å². The second kappa shape index (κ2) is 15.1. The van der Waals surface area contributed by atoms with Gasteiger partial charge in [-0.25, -0.2) is 9.97 Å². The Bertz CT molecular complexity index is 1640. The van der Waals surface area contributed by atoms with Crippen LogP contribution in [-0.4, -0.2) is 34.3 Å². The van der Waals surface area contributed by atoms with Crippen molar-refractivity contribution in [1.82, 2.24) is 9.97 Å². The summed E-state index contributed by atoms with van der Waals surface area (Å²) in [7, 11) is 0. The maximum atomic E-state index is 13.8. The summed E-state index contributed by atoms with van der Waals surface area (Å²) < 4.78 is 52.7. The van der Waals surface area contributed by atoms with Crippen LogP contribution in [0.2, 0.25) is 0 Å². The fraction of sp³-hybridized carbons (Fsp3) is 0.361. The van der Waals surface area contributed by atoms with E-state index in [0.717, 1.165) is 34.4 Å². The average Bonchev–Trinajstić information content (AvgIpc) is 2.99. The van der Waals surface area contributed by atoms with Gasteiger partial charge in [-0.2, -0.15) is 13.2 Å². The number of halogens is 3. The number of hydrogen-bond acceptors (Lipinski definition) is 6. The highest BCUT2D eigenvalue weighted by Crippen LogP contribution is 2.35. The topological polar surface area (TPSA) is 84.8 Å². The maximum Gasteiger partial charge on any atom is 0.416 e. The standard InChI is InChI=1S/C36H40F3N3O4/c1-6-45-30-11-12-32(33-18-27(23(2)3)10-9-25(33)5)28(17-30)22-42(21-26-14-24(4)15-29(16-26)36(37,38)39)35-40-19-31(20-41-35)46-13-7-8-34(43)44/h9-12,14-20,23H,6-8,13,21-22H2,1-5H3,(H,43,44). The van der Waals surface area contributed by atoms with Crippen LogP contribution in [0.25, 0.3) is 11.1 Å². The molecule has 0 aliphatic rings. The maximum absolute atomic E-state index is 13.8. The van der Waals surface area contributed by atoms with Gasteiger partial charge in [0.2, 0.25) is 5.95 Å². The second-order valence-electron chi connectivity index (χ2n) is 11.6. The number of aryl methyl sites for hydroxylation is 2. The molecule has 0 fully saturated rings. The molecule has 1 aromatic heterocycles. The first-order chi connectivity index (χ1) is 21.8. The van der Waals surface area contributed by atoms with Crippen LogP contribution in [0.15, 0.2) is 67.0 Å². The zero-order chi connectivity index (χ0) is 33.4. The third-order valence-corrected chi connectivity index (χ3v) is 7.51. The minimum atomic E-state index is -4.49. The number of anilines is 1. The number of alkyl halides is 3. The van der Waals surface area contributed by atoms with Crippen LogP contribution in [0, 0.1) is 13.8 Å². The van der Waals surface area contributed by atoms with Crippen LogP contribution in [0.1, 0.15) is 72.9 Å². The van der Waals surface area contributed by atoms with E-state index in [4.69, 9.17) is 14.6 Å². The SMILES string of the molecule is CCOc1ccc(-c2cc(C(C)C)ccc2C)c(CN(Cc2cc(C)cc(C(F)(F)F)c2)c2ncc(OCCCC(=O)O)cn2)c1. The lowest BCUT2D eigenvalue weighted by atomic mass is 9.91. The van der Waals surface area contributed by atoms with E-state index >= 15 is 0 Å². The van der Waals surface area contributed by atoms with Gasteiger partial charge in [0.05, 0.1) is 31.2 Å². The fourth-order valence-electron chi connectivity index (χ4n) is 5.21. The predicted molar refractivity (Wildman–Crippen MR) is 172 cm³/mol. The van der Waals surface area contributed by atoms with Gasteiger partial charge in [-0.3, -0.25) is 4.79 Å². The second-order valence-corrected chi connectivity index (χ2v) is 11.6. The van der Waals surface area contributed by atoms with Crippen LogP contribution in [-0.2, 0) is 24.1 Å². The molecule has 0 unspecified atom stereocenters. The molecular weight excluding hydrogens is 595 g/mol. The quantitative estimate of drug-likeness (QED) is 0.139. The van der Waals surface area contributed by atoms with Crippen molar-refractivity contribution < 1.29 is 32.5 Å². The van der Waals surface area contributed by atoms with E-state index in [-0.39, 0.29) is 26.1 Å². The van der Waals surface area contributed by atoms with Gasteiger partial charge < -0.3 is 19.5 Å². The minimum Gasteiger partial charge on any atom is -0.494 e. The third kappa shape index (κ3) is 9.22. The molecule has 0 amide bonds. The number of carboxylic acids is 1. The summed E-state index contributed by atoms with van der Waals surface area (Å²) in [5.41, 5.74) is 5.47. The Hall–Kier alpha value is -4.60. The number of carbonyl (C=O) groups is 1. The van der Waals surface area contributed by atoms with E-state index in [2.05, 4.69) is 48.9 Å². The molecule has 46 heavy (non-hydrogen) atoms. The van der Waals surface area contributed by atoms with E-state index < -0.39 is 17.7 Å². The number of ether oxygens (including phenoxy) is 2. The van der Waals surface area contributed by atoms with Crippen LogP contribution in [0.4, 0.5) is 19.1 Å². The van der Waals surface area contributed by atoms with Crippen LogP contribution in [0.5, 0.6) is 11.5 Å². The van der Waals surface area contributed by atoms with Crippen molar-refractivity contribution in [2.75, 3.05) is 18.1 Å². The lowest BCUT2D eigenvalue weighted by Crippen LogP contribution is -2.25. The first kappa shape index (κ1) is 34.3. The summed E-state index contributed by atoms with van der Waals surface area (Å²) in [6.45, 7) is 10.9. The Morgan fingerprint density at radius 2 is 1.65 bits per heavy atom. The zero-order valence-corrected chi connectivity index (χ0v) is 26.8. The molecule has 0 spiro atoms. The van der Waals surface area contributed by atoms with Crippen LogP contribution >= 0.6 is 0 Å². The molecule has 7 nitrogen and oxygen atoms in total. The van der Waals surface area contributed by atoms with E-state index in [1.54, 1.807) is 13.0 Å². The van der Waals surface area contributed by atoms with Gasteiger partial charge in [-0.15, -0.1) is 0 Å². The van der Waals surface area contributed by atoms with Gasteiger partial charge >= 0.3 is 12.1 Å². The molecule has 10 heteroatoms. The molecule has 244 valence electrons. The Morgan fingerprint density at radius 1 is 0.913 bits per heavy atom. The highest BCUT2D eigenvalue weighted by molar-refractivity contribution is 5.73. The van der Waals surface area contributed by atoms with Gasteiger partial charge in [-0.05, 0) is 90.8 Å². The number of aliphatic carboxylic acids is 1. The molecular formula is C36H40F3N3O4. The molecule has 0 radical (unpaired) electrons. The first-order valence-electron chi connectivity index (χ1n) is 15.3. The predicted octanol–water partition coefficient (Wildman–Crippen LogP) is 8.75. The van der Waals surface area contributed by atoms with Crippen molar-refractivity contribution in [1.29, 1.82) is 0 Å². The average molecular weight is 636 g/mol. The first-order valence-corrected chi connectivity index (χ1v) is 15.3. The summed E-state index contributed by atoms with van der Waals surface area (Å²) >= 11 is 0. The summed E-state index contributed by atoms with van der Waals surface area (Å²) in [6.07, 6.45) is -1.21. The lowest BCUT2D eigenvalue weighted by Gasteiger charge is -2.26. The molecule has 0 bridgehead atoms. The summed E-state index contributed by atoms with van der Waals surface area (Å²) in [5, 5.41) is 8.87. The highest BCUT2D eigenvalue weighted by Gasteiger charge is 2.31. The van der Waals surface area contributed by atoms with Crippen molar-refractivity contribution in [3.63, 3.8) is 0 Å². The van der Waals surface area contributed by atoms with Crippen molar-refractivity contribution in [2.45, 2.75) is 72.6 Å². The number of nitrogens with zero attached hydrogens (tertiary/aromatic N) is 3. The monoisotopic (exact) mass is 635 g/mol. The van der Waals surface area contributed by atoms with E-state index in [0.29, 0.717) is 47.5 Å². The van der Waals surface area contributed by atoms with E-state index in [1.165, 1.54) is 18.0 Å². The largest absolute Gasteiger partial charge is 0.494 e. The Labute approximate surface area is 268 Å². The molecule has 4 rings (SSSR count). The molecule has 0 saturated carbocycles. The number of carboxylic acid groups (broad SMARTS) is 1. The normalized spacial score (nSPS) is 11.5. The Morgan fingerprint density at radius 3 is 2.30 bits per heavy atom. The summed E-state index contributed by atoms with van der Waals surface area (Å²) in [5.74, 6) is 0.760. The lowest BCUT2D eigenvalue weighted by molar-refractivity contribution is -0.138. The number of rotatable bonds is 14. The molecule has 0 saturated heterocycles. The van der Waals surface area contributed by atoms with Crippen LogP contribution < -0.4 is 14.4 Å². The van der Waals surface area contributed by atoms with Crippen molar-refractivity contribution in [3.05, 3.63) is 100 Å². The Balaban J connectivity index is 1.77. The Kier molecular flexibility index (Phi) is 11.3. The summed E-state index contributed by atoms with van der Waals surface area (Å²) in [4.78, 5) is 21.7. The van der Waals surface area contributed by atoms with Crippen molar-refractivity contribution >= 4 is 11.9 Å². The van der Waals surface area contributed by atoms with Crippen molar-refractivity contribution in [3.8, 4) is 22.6 Å². The van der Waals surface area contributed by atoms with Crippen LogP contribution in [0.3, 0.4) is 0 Å². The molecule has 4 aromatic rings. The van der Waals surface area contributed by atoms with Gasteiger partial charge in [-0.1, -0.05) is 49.7 Å². The van der Waals surface area contributed by atoms with Gasteiger partial charge in [0.1, 0.15) is 5.75 Å². The number of aromatic nitrogens is 2. The smallest absolute Gasteiger partial charge is 0.416 e. The molecule has 3 aromatic carbocycles. The third-order valence-electron chi connectivity index (χ3n) is 7.51. The van der Waals surface area contributed by atoms with Crippen molar-refractivity contribution in [2.24, 2.45) is 0 Å². The molecule has 0 aliphatic heterocycles. The van der Waals surface area contributed by atoms with Gasteiger partial charge in [0, 0.05) is 19.5 Å². The number of benzene rings is 3. The van der Waals surface area contributed by atoms with Gasteiger partial charge in [0.15, 0.2) is 5.75 Å². The molecule has 1 N–H and O–H groups in total. The fourth-order valence-corrected chi connectivity index (χ4v) is 5.21. The highest BCUT2D eigenvalue weighted by atomic mass is 19.4. The summed E-state index contributed by atoms with van der Waals surface area (Å²) in [6, 6.07) is 16.4.